The Balaban J connectivity index is 1.08. The molecule has 20 heteroatoms. The van der Waals surface area contributed by atoms with E-state index >= 15 is 0 Å². The van der Waals surface area contributed by atoms with Gasteiger partial charge >= 0.3 is 11.8 Å². The van der Waals surface area contributed by atoms with Crippen LogP contribution in [0.3, 0.4) is 0 Å². The number of aromatic hydroxyl groups is 1. The highest BCUT2D eigenvalue weighted by molar-refractivity contribution is 7.91. The molecule has 0 saturated carbocycles. The van der Waals surface area contributed by atoms with Crippen molar-refractivity contribution in [1.29, 1.82) is 0 Å². The SMILES string of the molecule is CO[C@H]1/C=C/O[C@@]2(C)Oc3c(C)c(O)c4c(c3C2=O)C2=NC3(CCN(CC(C)C)CC3)NC2=C(NC(=O)/C(C)=C\C=C\[C@H](C)[C@H](O)[C@@H](C)[C@@H](O)[C@@H](C)[C@H](OC(=O)CC(=O)N2CCC(CCS(=O)(=O)c3ccccc3)CC2)[C@@H]1C)C4=O. The molecule has 2 fully saturated rings. The van der Waals surface area contributed by atoms with Gasteiger partial charge < -0.3 is 54.7 Å². The van der Waals surface area contributed by atoms with E-state index in [1.54, 1.807) is 82.0 Å². The number of benzene rings is 2. The van der Waals surface area contributed by atoms with Gasteiger partial charge in [-0.05, 0) is 63.2 Å². The number of fused-ring (bicyclic) bond motifs is 13. The number of ether oxygens (including phenoxy) is 4. The number of rotatable bonds is 10. The fraction of sp³-hybridized carbons (Fsp3) is 0.567. The minimum absolute atomic E-state index is 0.0141. The Morgan fingerprint density at radius 3 is 2.23 bits per heavy atom. The maximum Gasteiger partial charge on any atom is 0.315 e. The molecule has 434 valence electrons. The van der Waals surface area contributed by atoms with Gasteiger partial charge in [-0.1, -0.05) is 78.0 Å². The van der Waals surface area contributed by atoms with Gasteiger partial charge in [0.1, 0.15) is 35.4 Å². The molecule has 0 unspecified atom stereocenters. The summed E-state index contributed by atoms with van der Waals surface area (Å²) in [4.78, 5) is 81.0. The number of allylic oxidation sites excluding steroid dienone is 4. The number of Topliss-reactive ketones (excluding diaryl/α,β-unsaturated/α-hetero) is 2. The molecule has 0 aromatic heterocycles. The molecule has 19 nitrogen and oxygen atoms in total. The van der Waals surface area contributed by atoms with E-state index in [-0.39, 0.29) is 67.2 Å². The summed E-state index contributed by atoms with van der Waals surface area (Å²) >= 11 is 0. The second-order valence-corrected chi connectivity index (χ2v) is 25.4. The van der Waals surface area contributed by atoms with Gasteiger partial charge in [0.15, 0.2) is 9.84 Å². The average Bonchev–Trinajstić information content (AvgIpc) is 3.79. The number of piperidine rings is 2. The Morgan fingerprint density at radius 1 is 0.900 bits per heavy atom. The van der Waals surface area contributed by atoms with Crippen molar-refractivity contribution in [2.75, 3.05) is 45.6 Å². The second-order valence-electron chi connectivity index (χ2n) is 23.3. The monoisotopic (exact) mass is 1130 g/mol. The lowest BCUT2D eigenvalue weighted by molar-refractivity contribution is -0.165. The van der Waals surface area contributed by atoms with Crippen molar-refractivity contribution >= 4 is 44.9 Å². The molecule has 2 aromatic carbocycles. The summed E-state index contributed by atoms with van der Waals surface area (Å²) in [7, 11) is -2.04. The first-order valence-electron chi connectivity index (χ1n) is 28.0. The quantitative estimate of drug-likeness (QED) is 0.133. The van der Waals surface area contributed by atoms with E-state index in [4.69, 9.17) is 23.9 Å². The molecule has 5 N–H and O–H groups in total. The maximum absolute atomic E-state index is 15.0. The first-order chi connectivity index (χ1) is 37.8. The normalized spacial score (nSPS) is 30.2. The highest BCUT2D eigenvalue weighted by Crippen LogP contribution is 2.50. The molecule has 9 rings (SSSR count). The Hall–Kier alpha value is -6.19. The number of aliphatic hydroxyl groups is 2. The summed E-state index contributed by atoms with van der Waals surface area (Å²) in [6.07, 6.45) is 5.07. The van der Waals surface area contributed by atoms with Gasteiger partial charge in [0.2, 0.25) is 11.7 Å². The number of carbonyl (C=O) groups is 5. The number of aliphatic hydroxyl groups excluding tert-OH is 2. The molecule has 1 aliphatic carbocycles. The Kier molecular flexibility index (Phi) is 18.1. The standard InChI is InChI=1S/C60H79N5O14S/c1-33(2)32-64-27-23-60(24-28-64)62-48-45-46-53(70)39(8)56-47(45)57(72)59(9,79-56)77-29-21-42(76-10)36(5)55(78-44(67)31-43(66)65-25-19-40(20-26-65)22-30-80(74,75)41-17-12-11-13-18-41)38(7)52(69)37(6)51(68)34(3)15-14-16-35(4)58(73)61-50(54(46)71)49(48)63-60/h11-18,21,29,33-34,36-38,40,42,51-52,55,63,68-70H,19-20,22-28,30-32H2,1-10H3,(H,61,73)/b15-14+,29-21+,35-16-/t34-,36+,37+,38+,42-,51-,52+,55+,59-/m0/s1. The van der Waals surface area contributed by atoms with Gasteiger partial charge in [-0.3, -0.25) is 29.0 Å². The van der Waals surface area contributed by atoms with Crippen LogP contribution >= 0.6 is 0 Å². The number of carbonyl (C=O) groups excluding carboxylic acids is 5. The number of phenols is 1. The molecular formula is C60H79N5O14S. The minimum atomic E-state index is -3.46. The first kappa shape index (κ1) is 59.9. The molecule has 2 amide bonds. The van der Waals surface area contributed by atoms with Crippen molar-refractivity contribution in [2.24, 2.45) is 40.5 Å². The zero-order valence-electron chi connectivity index (χ0n) is 47.6. The molecule has 5 bridgehead atoms. The fourth-order valence-electron chi connectivity index (χ4n) is 12.0. The van der Waals surface area contributed by atoms with Crippen LogP contribution in [0, 0.1) is 42.4 Å². The van der Waals surface area contributed by atoms with Gasteiger partial charge in [-0.15, -0.1) is 0 Å². The van der Waals surface area contributed by atoms with Gasteiger partial charge in [0.05, 0.1) is 57.8 Å². The predicted octanol–water partition coefficient (Wildman–Crippen LogP) is 6.09. The van der Waals surface area contributed by atoms with Crippen LogP contribution in [-0.4, -0.2) is 150 Å². The zero-order valence-corrected chi connectivity index (χ0v) is 48.4. The van der Waals surface area contributed by atoms with E-state index in [0.717, 1.165) is 6.54 Å². The van der Waals surface area contributed by atoms with Gasteiger partial charge in [-0.25, -0.2) is 8.42 Å². The summed E-state index contributed by atoms with van der Waals surface area (Å²) in [5.74, 6) is -8.44. The third kappa shape index (κ3) is 12.2. The fourth-order valence-corrected chi connectivity index (χ4v) is 13.5. The number of sulfone groups is 1. The number of likely N-dealkylation sites (tertiary alicyclic amines) is 2. The molecule has 6 aliphatic heterocycles. The number of esters is 1. The third-order valence-corrected chi connectivity index (χ3v) is 18.9. The van der Waals surface area contributed by atoms with Crippen LogP contribution in [0.5, 0.6) is 11.5 Å². The molecular weight excluding hydrogens is 1050 g/mol. The molecule has 0 radical (unpaired) electrons. The molecule has 2 aromatic rings. The maximum atomic E-state index is 15.0. The molecule has 9 atom stereocenters. The highest BCUT2D eigenvalue weighted by Gasteiger charge is 2.54. The van der Waals surface area contributed by atoms with E-state index < -0.39 is 111 Å². The van der Waals surface area contributed by atoms with Crippen molar-refractivity contribution in [2.45, 2.75) is 142 Å². The molecule has 7 aliphatic rings. The van der Waals surface area contributed by atoms with E-state index in [1.807, 2.05) is 0 Å². The number of ketones is 2. The summed E-state index contributed by atoms with van der Waals surface area (Å²) in [6.45, 7) is 18.5. The summed E-state index contributed by atoms with van der Waals surface area (Å²) in [6, 6.07) is 8.29. The lowest BCUT2D eigenvalue weighted by Gasteiger charge is -2.38. The van der Waals surface area contributed by atoms with Crippen LogP contribution in [0.25, 0.3) is 0 Å². The topological polar surface area (TPSA) is 260 Å². The van der Waals surface area contributed by atoms with Crippen LogP contribution in [0.4, 0.5) is 0 Å². The number of nitrogens with one attached hydrogen (secondary N) is 2. The van der Waals surface area contributed by atoms with Crippen molar-refractivity contribution in [1.82, 2.24) is 20.4 Å². The van der Waals surface area contributed by atoms with E-state index in [0.29, 0.717) is 64.2 Å². The molecule has 1 spiro atoms. The smallest absolute Gasteiger partial charge is 0.315 e. The minimum Gasteiger partial charge on any atom is -0.507 e. The number of methoxy groups -OCH3 is 1. The zero-order chi connectivity index (χ0) is 58.2. The van der Waals surface area contributed by atoms with Gasteiger partial charge in [0.25, 0.3) is 11.7 Å². The number of phenolic OH excluding ortho intramolecular Hbond substituents is 1. The van der Waals surface area contributed by atoms with Crippen molar-refractivity contribution in [3.63, 3.8) is 0 Å². The van der Waals surface area contributed by atoms with Crippen molar-refractivity contribution in [3.05, 3.63) is 100 Å². The second kappa shape index (κ2) is 24.1. The molecule has 6 heterocycles. The lowest BCUT2D eigenvalue weighted by atomic mass is 9.78. The van der Waals surface area contributed by atoms with Crippen LogP contribution in [0.1, 0.15) is 126 Å². The summed E-state index contributed by atoms with van der Waals surface area (Å²) < 4.78 is 50.5. The summed E-state index contributed by atoms with van der Waals surface area (Å²) in [5, 5.41) is 42.0. The third-order valence-electron chi connectivity index (χ3n) is 17.1. The number of nitrogens with zero attached hydrogens (tertiary/aromatic N) is 3. The number of aliphatic imine (C=N–C) groups is 1. The van der Waals surface area contributed by atoms with Gasteiger partial charge in [-0.2, -0.15) is 0 Å². The Morgan fingerprint density at radius 2 is 1.57 bits per heavy atom. The predicted molar refractivity (Wildman–Crippen MR) is 298 cm³/mol. The van der Waals surface area contributed by atoms with E-state index in [2.05, 4.69) is 29.4 Å². The molecule has 2 saturated heterocycles. The number of hydrogen-bond acceptors (Lipinski definition) is 17. The highest BCUT2D eigenvalue weighted by atomic mass is 32.2. The van der Waals surface area contributed by atoms with Gasteiger partial charge in [0, 0.05) is 100.0 Å². The van der Waals surface area contributed by atoms with E-state index in [1.165, 1.54) is 39.4 Å². The van der Waals surface area contributed by atoms with Crippen molar-refractivity contribution in [3.8, 4) is 11.5 Å². The number of hydrogen-bond donors (Lipinski definition) is 5. The molecule has 80 heavy (non-hydrogen) atoms. The van der Waals surface area contributed by atoms with E-state index in [9.17, 15) is 47.7 Å². The lowest BCUT2D eigenvalue weighted by Crippen LogP contribution is -2.50. The summed E-state index contributed by atoms with van der Waals surface area (Å²) in [5.41, 5.74) is -0.546. The van der Waals surface area contributed by atoms with Crippen LogP contribution in [-0.2, 0) is 38.4 Å². The van der Waals surface area contributed by atoms with Crippen LogP contribution < -0.4 is 15.4 Å². The van der Waals surface area contributed by atoms with Crippen LogP contribution in [0.15, 0.2) is 87.8 Å². The largest absolute Gasteiger partial charge is 0.507 e. The Labute approximate surface area is 469 Å². The first-order valence-corrected chi connectivity index (χ1v) is 29.6. The average molecular weight is 1130 g/mol. The van der Waals surface area contributed by atoms with Crippen LogP contribution in [0.2, 0.25) is 0 Å². The number of amides is 2. The Bertz CT molecular complexity index is 3010. The van der Waals surface area contributed by atoms with Crippen molar-refractivity contribution < 1.29 is 66.7 Å².